The Bertz CT molecular complexity index is 868. The highest BCUT2D eigenvalue weighted by Crippen LogP contribution is 2.37. The number of halogens is 1. The maximum Gasteiger partial charge on any atom is 0.143 e. The van der Waals surface area contributed by atoms with Gasteiger partial charge in [-0.05, 0) is 40.2 Å². The Morgan fingerprint density at radius 1 is 0.905 bits per heavy atom. The lowest BCUT2D eigenvalue weighted by Gasteiger charge is -2.12. The Balaban J connectivity index is 2.14. The first-order chi connectivity index (χ1) is 10.2. The number of nitrogens with zero attached hydrogens (tertiary/aromatic N) is 1. The number of hydrogen-bond donors (Lipinski definition) is 1. The predicted molar refractivity (Wildman–Crippen MR) is 87.3 cm³/mol. The monoisotopic (exact) mass is 338 g/mol. The molecule has 0 unspecified atom stereocenters. The molecule has 3 aromatic carbocycles. The lowest BCUT2D eigenvalue weighted by atomic mass is 10.0. The molecule has 0 aliphatic rings. The molecule has 3 nitrogen and oxygen atoms in total. The second-order valence-electron chi connectivity index (χ2n) is 4.53. The molecule has 3 aromatic rings. The number of benzene rings is 3. The van der Waals surface area contributed by atoms with Gasteiger partial charge in [-0.3, -0.25) is 0 Å². The third-order valence-corrected chi connectivity index (χ3v) is 4.07. The molecule has 0 bridgehead atoms. The van der Waals surface area contributed by atoms with Crippen molar-refractivity contribution in [1.82, 2.24) is 0 Å². The summed E-state index contributed by atoms with van der Waals surface area (Å²) in [6.07, 6.45) is 0. The van der Waals surface area contributed by atoms with Crippen molar-refractivity contribution in [2.75, 3.05) is 5.73 Å². The normalized spacial score (nSPS) is 10.3. The van der Waals surface area contributed by atoms with Crippen LogP contribution in [-0.2, 0) is 0 Å². The van der Waals surface area contributed by atoms with E-state index in [0.29, 0.717) is 22.7 Å². The second kappa shape index (κ2) is 5.47. The highest BCUT2D eigenvalue weighted by molar-refractivity contribution is 9.10. The van der Waals surface area contributed by atoms with Crippen LogP contribution in [0.3, 0.4) is 0 Å². The average molecular weight is 339 g/mol. The molecule has 102 valence electrons. The minimum absolute atomic E-state index is 0.616. The SMILES string of the molecule is N#Cc1ccc(Oc2cccc(N)c2Br)c2ccccc12. The van der Waals surface area contributed by atoms with E-state index in [1.807, 2.05) is 36.4 Å². The van der Waals surface area contributed by atoms with E-state index in [1.165, 1.54) is 0 Å². The number of hydrogen-bond acceptors (Lipinski definition) is 3. The molecular weight excluding hydrogens is 328 g/mol. The van der Waals surface area contributed by atoms with Crippen LogP contribution in [0, 0.1) is 11.3 Å². The number of rotatable bonds is 2. The van der Waals surface area contributed by atoms with Gasteiger partial charge in [0.25, 0.3) is 0 Å². The molecule has 0 saturated carbocycles. The second-order valence-corrected chi connectivity index (χ2v) is 5.32. The van der Waals surface area contributed by atoms with Crippen molar-refractivity contribution in [3.05, 3.63) is 64.6 Å². The zero-order valence-electron chi connectivity index (χ0n) is 11.0. The van der Waals surface area contributed by atoms with Crippen LogP contribution in [0.5, 0.6) is 11.5 Å². The molecule has 0 saturated heterocycles. The fourth-order valence-corrected chi connectivity index (χ4v) is 2.53. The molecule has 4 heteroatoms. The molecule has 0 heterocycles. The highest BCUT2D eigenvalue weighted by Gasteiger charge is 2.10. The van der Waals surface area contributed by atoms with Crippen LogP contribution in [-0.4, -0.2) is 0 Å². The molecule has 0 amide bonds. The van der Waals surface area contributed by atoms with E-state index in [1.54, 1.807) is 18.2 Å². The van der Waals surface area contributed by atoms with Crippen LogP contribution >= 0.6 is 15.9 Å². The van der Waals surface area contributed by atoms with E-state index in [0.717, 1.165) is 15.2 Å². The van der Waals surface area contributed by atoms with E-state index in [2.05, 4.69) is 22.0 Å². The average Bonchev–Trinajstić information content (AvgIpc) is 2.52. The van der Waals surface area contributed by atoms with Crippen molar-refractivity contribution in [2.24, 2.45) is 0 Å². The smallest absolute Gasteiger partial charge is 0.143 e. The van der Waals surface area contributed by atoms with Crippen LogP contribution in [0.15, 0.2) is 59.1 Å². The van der Waals surface area contributed by atoms with Gasteiger partial charge in [-0.15, -0.1) is 0 Å². The molecule has 2 N–H and O–H groups in total. The third kappa shape index (κ3) is 2.44. The van der Waals surface area contributed by atoms with Gasteiger partial charge in [0.15, 0.2) is 0 Å². The van der Waals surface area contributed by atoms with Crippen molar-refractivity contribution >= 4 is 32.4 Å². The maximum absolute atomic E-state index is 9.18. The van der Waals surface area contributed by atoms with Gasteiger partial charge in [-0.25, -0.2) is 0 Å². The summed E-state index contributed by atoms with van der Waals surface area (Å²) >= 11 is 3.43. The number of nitrogen functional groups attached to an aromatic ring is 1. The minimum atomic E-state index is 0.616. The number of nitriles is 1. The van der Waals surface area contributed by atoms with Crippen molar-refractivity contribution in [1.29, 1.82) is 5.26 Å². The van der Waals surface area contributed by atoms with Crippen LogP contribution < -0.4 is 10.5 Å². The van der Waals surface area contributed by atoms with Gasteiger partial charge in [0.1, 0.15) is 11.5 Å². The summed E-state index contributed by atoms with van der Waals surface area (Å²) in [5.41, 5.74) is 7.11. The lowest BCUT2D eigenvalue weighted by Crippen LogP contribution is -1.92. The number of ether oxygens (including phenoxy) is 1. The van der Waals surface area contributed by atoms with Crippen molar-refractivity contribution < 1.29 is 4.74 Å². The third-order valence-electron chi connectivity index (χ3n) is 3.22. The zero-order valence-corrected chi connectivity index (χ0v) is 12.6. The van der Waals surface area contributed by atoms with E-state index < -0.39 is 0 Å². The molecule has 0 spiro atoms. The Hall–Kier alpha value is -2.51. The van der Waals surface area contributed by atoms with Crippen molar-refractivity contribution in [3.63, 3.8) is 0 Å². The van der Waals surface area contributed by atoms with Gasteiger partial charge in [0, 0.05) is 16.5 Å². The first-order valence-corrected chi connectivity index (χ1v) is 7.13. The van der Waals surface area contributed by atoms with E-state index >= 15 is 0 Å². The number of anilines is 1. The molecule has 0 aromatic heterocycles. The summed E-state index contributed by atoms with van der Waals surface area (Å²) in [7, 11) is 0. The first kappa shape index (κ1) is 13.5. The number of nitrogens with two attached hydrogens (primary N) is 1. The molecule has 0 radical (unpaired) electrons. The topological polar surface area (TPSA) is 59.0 Å². The predicted octanol–water partition coefficient (Wildman–Crippen LogP) is 4.85. The molecular formula is C17H11BrN2O. The maximum atomic E-state index is 9.18. The standard InChI is InChI=1S/C17H11BrN2O/c18-17-14(20)6-3-7-16(17)21-15-9-8-11(10-19)12-4-1-2-5-13(12)15/h1-9H,20H2. The first-order valence-electron chi connectivity index (χ1n) is 6.34. The van der Waals surface area contributed by atoms with Crippen LogP contribution in [0.2, 0.25) is 0 Å². The van der Waals surface area contributed by atoms with E-state index in [4.69, 9.17) is 10.5 Å². The summed E-state index contributed by atoms with van der Waals surface area (Å²) in [6, 6.07) is 18.9. The highest BCUT2D eigenvalue weighted by atomic mass is 79.9. The largest absolute Gasteiger partial charge is 0.455 e. The van der Waals surface area contributed by atoms with Crippen LogP contribution in [0.4, 0.5) is 5.69 Å². The summed E-state index contributed by atoms with van der Waals surface area (Å²) < 4.78 is 6.69. The van der Waals surface area contributed by atoms with Gasteiger partial charge in [-0.1, -0.05) is 30.3 Å². The Morgan fingerprint density at radius 2 is 1.67 bits per heavy atom. The minimum Gasteiger partial charge on any atom is -0.455 e. The molecule has 0 fully saturated rings. The van der Waals surface area contributed by atoms with E-state index in [-0.39, 0.29) is 0 Å². The quantitative estimate of drug-likeness (QED) is 0.679. The van der Waals surface area contributed by atoms with Gasteiger partial charge < -0.3 is 10.5 Å². The Labute approximate surface area is 130 Å². The van der Waals surface area contributed by atoms with Gasteiger partial charge in [0.05, 0.1) is 16.1 Å². The lowest BCUT2D eigenvalue weighted by molar-refractivity contribution is 0.485. The fourth-order valence-electron chi connectivity index (χ4n) is 2.18. The van der Waals surface area contributed by atoms with Crippen LogP contribution in [0.25, 0.3) is 10.8 Å². The summed E-state index contributed by atoms with van der Waals surface area (Å²) in [6.45, 7) is 0. The van der Waals surface area contributed by atoms with Crippen molar-refractivity contribution in [3.8, 4) is 17.6 Å². The van der Waals surface area contributed by atoms with Crippen molar-refractivity contribution in [2.45, 2.75) is 0 Å². The fraction of sp³-hybridized carbons (Fsp3) is 0. The molecule has 0 aliphatic heterocycles. The molecule has 0 atom stereocenters. The van der Waals surface area contributed by atoms with Gasteiger partial charge >= 0.3 is 0 Å². The Kier molecular flexibility index (Phi) is 3.51. The molecule has 0 aliphatic carbocycles. The molecule has 21 heavy (non-hydrogen) atoms. The summed E-state index contributed by atoms with van der Waals surface area (Å²) in [5.74, 6) is 1.33. The van der Waals surface area contributed by atoms with Crippen LogP contribution in [0.1, 0.15) is 5.56 Å². The van der Waals surface area contributed by atoms with Gasteiger partial charge in [-0.2, -0.15) is 5.26 Å². The zero-order chi connectivity index (χ0) is 14.8. The Morgan fingerprint density at radius 3 is 2.43 bits per heavy atom. The van der Waals surface area contributed by atoms with E-state index in [9.17, 15) is 5.26 Å². The number of fused-ring (bicyclic) bond motifs is 1. The summed E-state index contributed by atoms with van der Waals surface area (Å²) in [4.78, 5) is 0. The molecule has 3 rings (SSSR count). The van der Waals surface area contributed by atoms with Gasteiger partial charge in [0.2, 0.25) is 0 Å². The summed E-state index contributed by atoms with van der Waals surface area (Å²) in [5, 5.41) is 10.9.